The van der Waals surface area contributed by atoms with Crippen molar-refractivity contribution in [3.05, 3.63) is 65.9 Å². The molecule has 1 heterocycles. The summed E-state index contributed by atoms with van der Waals surface area (Å²) in [5.41, 5.74) is 2.01. The molecule has 0 saturated carbocycles. The van der Waals surface area contributed by atoms with Crippen LogP contribution in [0, 0.1) is 5.92 Å². The number of carbonyl (C=O) groups excluding carboxylic acids is 1. The van der Waals surface area contributed by atoms with Crippen molar-refractivity contribution in [3.63, 3.8) is 0 Å². The summed E-state index contributed by atoms with van der Waals surface area (Å²) in [6, 6.07) is 14.6. The average molecular weight is 378 g/mol. The number of phenolic OH excluding ortho intramolecular Hbond substituents is 1. The number of phenols is 1. The van der Waals surface area contributed by atoms with Gasteiger partial charge in [-0.3, -0.25) is 9.78 Å². The largest absolute Gasteiger partial charge is 0.505 e. The van der Waals surface area contributed by atoms with Gasteiger partial charge in [0.1, 0.15) is 17.0 Å². The van der Waals surface area contributed by atoms with E-state index >= 15 is 0 Å². The molecule has 3 aromatic rings. The molecule has 1 aromatic heterocycles. The highest BCUT2D eigenvalue weighted by Gasteiger charge is 2.22. The van der Waals surface area contributed by atoms with Crippen molar-refractivity contribution < 1.29 is 14.6 Å². The van der Waals surface area contributed by atoms with Crippen LogP contribution in [0.3, 0.4) is 0 Å². The second kappa shape index (κ2) is 8.74. The Kier molecular flexibility index (Phi) is 6.14. The number of hydrogen-bond donors (Lipinski definition) is 2. The lowest BCUT2D eigenvalue weighted by molar-refractivity contribution is -0.122. The Morgan fingerprint density at radius 1 is 1.14 bits per heavy atom. The minimum atomic E-state index is -0.478. The summed E-state index contributed by atoms with van der Waals surface area (Å²) >= 11 is 0. The number of pyridine rings is 1. The Balaban J connectivity index is 2.03. The van der Waals surface area contributed by atoms with Crippen LogP contribution in [0.1, 0.15) is 44.4 Å². The summed E-state index contributed by atoms with van der Waals surface area (Å²) in [6.45, 7) is 6.53. The van der Waals surface area contributed by atoms with Crippen molar-refractivity contribution in [3.8, 4) is 11.5 Å². The number of aromatic nitrogens is 1. The molecule has 0 saturated heterocycles. The molecular formula is C23H26N2O3. The van der Waals surface area contributed by atoms with E-state index in [1.54, 1.807) is 6.20 Å². The first-order valence-corrected chi connectivity index (χ1v) is 9.58. The maximum Gasteiger partial charge on any atom is 0.221 e. The van der Waals surface area contributed by atoms with Gasteiger partial charge in [-0.1, -0.05) is 44.2 Å². The third-order valence-corrected chi connectivity index (χ3v) is 4.51. The molecule has 2 aromatic carbocycles. The number of carbonyl (C=O) groups is 1. The van der Waals surface area contributed by atoms with Crippen molar-refractivity contribution in [1.29, 1.82) is 0 Å². The molecule has 0 radical (unpaired) electrons. The van der Waals surface area contributed by atoms with Gasteiger partial charge in [0, 0.05) is 23.6 Å². The SMILES string of the molecule is CCOc1ccc(C(NC(=O)CC(C)C)c2ccc3cccnc3c2O)cc1. The zero-order valence-electron chi connectivity index (χ0n) is 16.5. The van der Waals surface area contributed by atoms with Gasteiger partial charge in [0.2, 0.25) is 5.91 Å². The molecule has 3 rings (SSSR count). The van der Waals surface area contributed by atoms with Crippen LogP contribution in [-0.2, 0) is 4.79 Å². The second-order valence-corrected chi connectivity index (χ2v) is 7.18. The molecule has 0 aliphatic rings. The Morgan fingerprint density at radius 2 is 1.89 bits per heavy atom. The number of fused-ring (bicyclic) bond motifs is 1. The van der Waals surface area contributed by atoms with Gasteiger partial charge in [0.25, 0.3) is 0 Å². The summed E-state index contributed by atoms with van der Waals surface area (Å²) < 4.78 is 5.51. The third kappa shape index (κ3) is 4.42. The summed E-state index contributed by atoms with van der Waals surface area (Å²) in [6.07, 6.45) is 2.06. The first-order valence-electron chi connectivity index (χ1n) is 9.58. The van der Waals surface area contributed by atoms with Crippen LogP contribution < -0.4 is 10.1 Å². The first kappa shape index (κ1) is 19.7. The molecule has 0 fully saturated rings. The van der Waals surface area contributed by atoms with Crippen LogP contribution in [0.5, 0.6) is 11.5 Å². The highest BCUT2D eigenvalue weighted by Crippen LogP contribution is 2.35. The lowest BCUT2D eigenvalue weighted by Gasteiger charge is -2.22. The molecule has 1 unspecified atom stereocenters. The molecule has 0 aliphatic heterocycles. The van der Waals surface area contributed by atoms with E-state index < -0.39 is 6.04 Å². The minimum Gasteiger partial charge on any atom is -0.505 e. The average Bonchev–Trinajstić information content (AvgIpc) is 2.67. The number of amides is 1. The maximum atomic E-state index is 12.5. The van der Waals surface area contributed by atoms with E-state index in [0.29, 0.717) is 24.1 Å². The molecule has 1 amide bonds. The number of rotatable bonds is 7. The zero-order chi connectivity index (χ0) is 20.1. The van der Waals surface area contributed by atoms with Crippen LogP contribution in [0.2, 0.25) is 0 Å². The fourth-order valence-corrected chi connectivity index (χ4v) is 3.23. The van der Waals surface area contributed by atoms with Crippen molar-refractivity contribution in [2.45, 2.75) is 33.2 Å². The Hall–Kier alpha value is -3.08. The number of aromatic hydroxyl groups is 1. The quantitative estimate of drug-likeness (QED) is 0.631. The van der Waals surface area contributed by atoms with Crippen molar-refractivity contribution >= 4 is 16.8 Å². The van der Waals surface area contributed by atoms with Gasteiger partial charge in [-0.15, -0.1) is 0 Å². The summed E-state index contributed by atoms with van der Waals surface area (Å²) in [5, 5.41) is 14.8. The Labute approximate surface area is 165 Å². The molecule has 0 bridgehead atoms. The fourth-order valence-electron chi connectivity index (χ4n) is 3.23. The van der Waals surface area contributed by atoms with Crippen LogP contribution in [-0.4, -0.2) is 22.6 Å². The first-order chi connectivity index (χ1) is 13.5. The van der Waals surface area contributed by atoms with E-state index in [-0.39, 0.29) is 17.6 Å². The van der Waals surface area contributed by atoms with Crippen LogP contribution in [0.4, 0.5) is 0 Å². The molecule has 2 N–H and O–H groups in total. The van der Waals surface area contributed by atoms with E-state index in [4.69, 9.17) is 4.74 Å². The maximum absolute atomic E-state index is 12.5. The predicted octanol–water partition coefficient (Wildman–Crippen LogP) is 4.59. The summed E-state index contributed by atoms with van der Waals surface area (Å²) in [7, 11) is 0. The summed E-state index contributed by atoms with van der Waals surface area (Å²) in [5.74, 6) is 1.03. The van der Waals surface area contributed by atoms with Gasteiger partial charge in [0.05, 0.1) is 12.6 Å². The molecule has 0 spiro atoms. The minimum absolute atomic E-state index is 0.0607. The lowest BCUT2D eigenvalue weighted by atomic mass is 9.95. The van der Waals surface area contributed by atoms with Crippen molar-refractivity contribution in [1.82, 2.24) is 10.3 Å². The van der Waals surface area contributed by atoms with Gasteiger partial charge < -0.3 is 15.2 Å². The molecule has 5 heteroatoms. The number of ether oxygens (including phenoxy) is 1. The molecule has 146 valence electrons. The fraction of sp³-hybridized carbons (Fsp3) is 0.304. The van der Waals surface area contributed by atoms with Gasteiger partial charge >= 0.3 is 0 Å². The summed E-state index contributed by atoms with van der Waals surface area (Å²) in [4.78, 5) is 16.8. The van der Waals surface area contributed by atoms with E-state index in [1.165, 1.54) is 0 Å². The standard InChI is InChI=1S/C23H26N2O3/c1-4-28-18-10-7-17(8-11-18)21(25-20(26)14-15(2)3)19-12-9-16-6-5-13-24-22(16)23(19)27/h5-13,15,21,27H,4,14H2,1-3H3,(H,25,26). The topological polar surface area (TPSA) is 71.5 Å². The molecule has 0 aliphatic carbocycles. The van der Waals surface area contributed by atoms with E-state index in [0.717, 1.165) is 16.7 Å². The van der Waals surface area contributed by atoms with E-state index in [9.17, 15) is 9.90 Å². The van der Waals surface area contributed by atoms with Gasteiger partial charge in [-0.05, 0) is 36.6 Å². The van der Waals surface area contributed by atoms with Crippen molar-refractivity contribution in [2.75, 3.05) is 6.61 Å². The smallest absolute Gasteiger partial charge is 0.221 e. The molecule has 28 heavy (non-hydrogen) atoms. The molecule has 5 nitrogen and oxygen atoms in total. The highest BCUT2D eigenvalue weighted by atomic mass is 16.5. The van der Waals surface area contributed by atoms with Gasteiger partial charge in [-0.2, -0.15) is 0 Å². The van der Waals surface area contributed by atoms with E-state index in [1.807, 2.05) is 69.3 Å². The zero-order valence-corrected chi connectivity index (χ0v) is 16.5. The lowest BCUT2D eigenvalue weighted by Crippen LogP contribution is -2.30. The van der Waals surface area contributed by atoms with E-state index in [2.05, 4.69) is 10.3 Å². The normalized spacial score (nSPS) is 12.1. The van der Waals surface area contributed by atoms with Crippen LogP contribution >= 0.6 is 0 Å². The van der Waals surface area contributed by atoms with Crippen molar-refractivity contribution in [2.24, 2.45) is 5.92 Å². The number of nitrogens with zero attached hydrogens (tertiary/aromatic N) is 1. The van der Waals surface area contributed by atoms with Gasteiger partial charge in [-0.25, -0.2) is 0 Å². The number of benzene rings is 2. The monoisotopic (exact) mass is 378 g/mol. The molecule has 1 atom stereocenters. The molecular weight excluding hydrogens is 352 g/mol. The second-order valence-electron chi connectivity index (χ2n) is 7.18. The highest BCUT2D eigenvalue weighted by molar-refractivity contribution is 5.86. The number of nitrogens with one attached hydrogen (secondary N) is 1. The van der Waals surface area contributed by atoms with Gasteiger partial charge in [0.15, 0.2) is 0 Å². The third-order valence-electron chi connectivity index (χ3n) is 4.51. The number of hydrogen-bond acceptors (Lipinski definition) is 4. The Bertz CT molecular complexity index is 952. The van der Waals surface area contributed by atoms with Crippen LogP contribution in [0.25, 0.3) is 10.9 Å². The Morgan fingerprint density at radius 3 is 2.57 bits per heavy atom. The predicted molar refractivity (Wildman–Crippen MR) is 110 cm³/mol. The van der Waals surface area contributed by atoms with Crippen LogP contribution in [0.15, 0.2) is 54.7 Å².